The zero-order valence-corrected chi connectivity index (χ0v) is 9.50. The van der Waals surface area contributed by atoms with Gasteiger partial charge in [-0.25, -0.2) is 9.78 Å². The van der Waals surface area contributed by atoms with Crippen molar-refractivity contribution in [2.24, 2.45) is 0 Å². The van der Waals surface area contributed by atoms with Crippen LogP contribution in [0, 0.1) is 0 Å². The number of hydrogen-bond donors (Lipinski definition) is 0. The number of aromatic nitrogens is 1. The Morgan fingerprint density at radius 3 is 2.79 bits per heavy atom. The van der Waals surface area contributed by atoms with Gasteiger partial charge in [0.2, 0.25) is 0 Å². The van der Waals surface area contributed by atoms with Crippen molar-refractivity contribution in [3.8, 4) is 5.75 Å². The van der Waals surface area contributed by atoms with Crippen molar-refractivity contribution in [2.45, 2.75) is 5.33 Å². The van der Waals surface area contributed by atoms with Gasteiger partial charge < -0.3 is 9.47 Å². The summed E-state index contributed by atoms with van der Waals surface area (Å²) in [6, 6.07) is 1.74. The van der Waals surface area contributed by atoms with Crippen LogP contribution < -0.4 is 4.74 Å². The van der Waals surface area contributed by atoms with Gasteiger partial charge in [0, 0.05) is 5.33 Å². The van der Waals surface area contributed by atoms with Crippen LogP contribution in [0.15, 0.2) is 12.3 Å². The van der Waals surface area contributed by atoms with Crippen LogP contribution in [0.5, 0.6) is 5.75 Å². The first-order valence-corrected chi connectivity index (χ1v) is 5.02. The zero-order chi connectivity index (χ0) is 10.6. The standard InChI is InChI=1S/C9H10BrNO3/c1-13-7-3-6(4-10)8(11-5-7)9(12)14-2/h3,5H,4H2,1-2H3. The summed E-state index contributed by atoms with van der Waals surface area (Å²) in [5.41, 5.74) is 1.06. The highest BCUT2D eigenvalue weighted by atomic mass is 79.9. The van der Waals surface area contributed by atoms with E-state index >= 15 is 0 Å². The number of nitrogens with zero attached hydrogens (tertiary/aromatic N) is 1. The first kappa shape index (κ1) is 11.0. The highest BCUT2D eigenvalue weighted by Gasteiger charge is 2.13. The Bertz CT molecular complexity index is 341. The van der Waals surface area contributed by atoms with E-state index in [-0.39, 0.29) is 0 Å². The van der Waals surface area contributed by atoms with Gasteiger partial charge in [-0.1, -0.05) is 15.9 Å². The first-order chi connectivity index (χ1) is 6.72. The Morgan fingerprint density at radius 2 is 2.29 bits per heavy atom. The molecule has 0 saturated heterocycles. The van der Waals surface area contributed by atoms with Gasteiger partial charge in [-0.15, -0.1) is 0 Å². The van der Waals surface area contributed by atoms with Crippen LogP contribution in [0.25, 0.3) is 0 Å². The summed E-state index contributed by atoms with van der Waals surface area (Å²) in [7, 11) is 2.87. The number of ether oxygens (including phenoxy) is 2. The van der Waals surface area contributed by atoms with Crippen molar-refractivity contribution in [1.82, 2.24) is 4.98 Å². The Balaban J connectivity index is 3.11. The average Bonchev–Trinajstić information content (AvgIpc) is 2.27. The maximum atomic E-state index is 11.2. The lowest BCUT2D eigenvalue weighted by atomic mass is 10.2. The molecule has 0 amide bonds. The minimum Gasteiger partial charge on any atom is -0.495 e. The van der Waals surface area contributed by atoms with Gasteiger partial charge >= 0.3 is 5.97 Å². The molecule has 0 aliphatic carbocycles. The Kier molecular flexibility index (Phi) is 3.88. The van der Waals surface area contributed by atoms with Gasteiger partial charge in [-0.3, -0.25) is 0 Å². The van der Waals surface area contributed by atoms with Crippen molar-refractivity contribution < 1.29 is 14.3 Å². The molecule has 1 aromatic heterocycles. The third kappa shape index (κ3) is 2.23. The first-order valence-electron chi connectivity index (χ1n) is 3.90. The van der Waals surface area contributed by atoms with Gasteiger partial charge in [0.05, 0.1) is 20.4 Å². The summed E-state index contributed by atoms with van der Waals surface area (Å²) >= 11 is 3.27. The molecule has 4 nitrogen and oxygen atoms in total. The summed E-state index contributed by atoms with van der Waals surface area (Å²) in [5.74, 6) is 0.175. The molecule has 0 aliphatic rings. The van der Waals surface area contributed by atoms with E-state index < -0.39 is 5.97 Å². The van der Waals surface area contributed by atoms with E-state index in [4.69, 9.17) is 4.74 Å². The van der Waals surface area contributed by atoms with Crippen molar-refractivity contribution in [1.29, 1.82) is 0 Å². The molecule has 0 unspecified atom stereocenters. The molecule has 1 aromatic rings. The number of carbonyl (C=O) groups is 1. The van der Waals surface area contributed by atoms with E-state index in [0.717, 1.165) is 5.56 Å². The molecule has 0 saturated carbocycles. The number of halogens is 1. The van der Waals surface area contributed by atoms with Crippen molar-refractivity contribution >= 4 is 21.9 Å². The number of methoxy groups -OCH3 is 2. The zero-order valence-electron chi connectivity index (χ0n) is 7.91. The number of carbonyl (C=O) groups excluding carboxylic acids is 1. The SMILES string of the molecule is COC(=O)c1ncc(OC)cc1CBr. The lowest BCUT2D eigenvalue weighted by Gasteiger charge is -2.06. The predicted octanol–water partition coefficient (Wildman–Crippen LogP) is 1.77. The molecule has 14 heavy (non-hydrogen) atoms. The van der Waals surface area contributed by atoms with Crippen LogP contribution in [-0.2, 0) is 10.1 Å². The second kappa shape index (κ2) is 4.95. The van der Waals surface area contributed by atoms with E-state index in [0.29, 0.717) is 16.8 Å². The normalized spacial score (nSPS) is 9.64. The molecule has 0 N–H and O–H groups in total. The average molecular weight is 260 g/mol. The smallest absolute Gasteiger partial charge is 0.356 e. The molecular weight excluding hydrogens is 250 g/mol. The van der Waals surface area contributed by atoms with E-state index in [2.05, 4.69) is 25.7 Å². The van der Waals surface area contributed by atoms with Crippen LogP contribution in [-0.4, -0.2) is 25.2 Å². The third-order valence-electron chi connectivity index (χ3n) is 1.70. The summed E-state index contributed by atoms with van der Waals surface area (Å²) in [5, 5.41) is 0.529. The Labute approximate surface area is 90.4 Å². The summed E-state index contributed by atoms with van der Waals surface area (Å²) in [6.07, 6.45) is 1.48. The molecule has 0 radical (unpaired) electrons. The maximum Gasteiger partial charge on any atom is 0.356 e. The van der Waals surface area contributed by atoms with Gasteiger partial charge in [0.1, 0.15) is 5.75 Å². The molecule has 76 valence electrons. The van der Waals surface area contributed by atoms with Crippen LogP contribution >= 0.6 is 15.9 Å². The van der Waals surface area contributed by atoms with E-state index in [1.165, 1.54) is 13.3 Å². The summed E-state index contributed by atoms with van der Waals surface area (Å²) in [6.45, 7) is 0. The van der Waals surface area contributed by atoms with Gasteiger partial charge in [0.15, 0.2) is 5.69 Å². The molecule has 0 atom stereocenters. The van der Waals surface area contributed by atoms with E-state index in [1.807, 2.05) is 0 Å². The van der Waals surface area contributed by atoms with Crippen molar-refractivity contribution in [2.75, 3.05) is 14.2 Å². The second-order valence-electron chi connectivity index (χ2n) is 2.51. The van der Waals surface area contributed by atoms with Crippen LogP contribution in [0.4, 0.5) is 0 Å². The van der Waals surface area contributed by atoms with Crippen molar-refractivity contribution in [3.05, 3.63) is 23.5 Å². The third-order valence-corrected chi connectivity index (χ3v) is 2.30. The second-order valence-corrected chi connectivity index (χ2v) is 3.07. The van der Waals surface area contributed by atoms with Gasteiger partial charge in [-0.05, 0) is 11.6 Å². The molecule has 0 spiro atoms. The highest BCUT2D eigenvalue weighted by Crippen LogP contribution is 2.17. The van der Waals surface area contributed by atoms with Crippen molar-refractivity contribution in [3.63, 3.8) is 0 Å². The van der Waals surface area contributed by atoms with Crippen LogP contribution in [0.3, 0.4) is 0 Å². The van der Waals surface area contributed by atoms with E-state index in [1.54, 1.807) is 13.2 Å². The molecule has 5 heteroatoms. The number of rotatable bonds is 3. The molecular formula is C9H10BrNO3. The van der Waals surface area contributed by atoms with Crippen LogP contribution in [0.1, 0.15) is 16.1 Å². The largest absolute Gasteiger partial charge is 0.495 e. The quantitative estimate of drug-likeness (QED) is 0.613. The fourth-order valence-corrected chi connectivity index (χ4v) is 1.41. The van der Waals surface area contributed by atoms with E-state index in [9.17, 15) is 4.79 Å². The molecule has 0 fully saturated rings. The molecule has 1 heterocycles. The Hall–Kier alpha value is -1.10. The summed E-state index contributed by atoms with van der Waals surface area (Å²) < 4.78 is 9.58. The number of alkyl halides is 1. The fourth-order valence-electron chi connectivity index (χ4n) is 0.982. The molecule has 0 aromatic carbocycles. The number of esters is 1. The topological polar surface area (TPSA) is 48.4 Å². The minimum atomic E-state index is -0.442. The molecule has 1 rings (SSSR count). The fraction of sp³-hybridized carbons (Fsp3) is 0.333. The Morgan fingerprint density at radius 1 is 1.57 bits per heavy atom. The maximum absolute atomic E-state index is 11.2. The van der Waals surface area contributed by atoms with Crippen LogP contribution in [0.2, 0.25) is 0 Å². The lowest BCUT2D eigenvalue weighted by molar-refractivity contribution is 0.0593. The molecule has 0 bridgehead atoms. The monoisotopic (exact) mass is 259 g/mol. The minimum absolute atomic E-state index is 0.310. The lowest BCUT2D eigenvalue weighted by Crippen LogP contribution is -2.07. The van der Waals surface area contributed by atoms with Gasteiger partial charge in [0.25, 0.3) is 0 Å². The predicted molar refractivity (Wildman–Crippen MR) is 54.8 cm³/mol. The highest BCUT2D eigenvalue weighted by molar-refractivity contribution is 9.08. The summed E-state index contributed by atoms with van der Waals surface area (Å²) in [4.78, 5) is 15.2. The number of hydrogen-bond acceptors (Lipinski definition) is 4. The molecule has 0 aliphatic heterocycles. The number of pyridine rings is 1. The van der Waals surface area contributed by atoms with Gasteiger partial charge in [-0.2, -0.15) is 0 Å².